The minimum absolute atomic E-state index is 0.526. The molecule has 3 saturated carbocycles. The molecule has 9 atom stereocenters. The van der Waals surface area contributed by atoms with Crippen LogP contribution in [-0.2, 0) is 0 Å². The van der Waals surface area contributed by atoms with Gasteiger partial charge in [0.25, 0.3) is 0 Å². The fourth-order valence-corrected chi connectivity index (χ4v) is 10.6. The molecule has 0 nitrogen and oxygen atoms in total. The molecule has 3 fully saturated rings. The van der Waals surface area contributed by atoms with Crippen LogP contribution in [0.25, 0.3) is 0 Å². The molecule has 0 saturated heterocycles. The molecule has 0 aromatic heterocycles. The topological polar surface area (TPSA) is 0 Å². The predicted octanol–water partition coefficient (Wildman–Crippen LogP) is 9.93. The van der Waals surface area contributed by atoms with E-state index in [2.05, 4.69) is 66.3 Å². The van der Waals surface area contributed by atoms with Crippen LogP contribution in [0.5, 0.6) is 0 Å². The summed E-state index contributed by atoms with van der Waals surface area (Å²) in [6.45, 7) is 17.6. The number of rotatable bonds is 8. The minimum atomic E-state index is 0.526. The Balaban J connectivity index is 1.45. The summed E-state index contributed by atoms with van der Waals surface area (Å²) in [6, 6.07) is 0. The van der Waals surface area contributed by atoms with E-state index in [4.69, 9.17) is 0 Å². The molecule has 184 valence electrons. The van der Waals surface area contributed by atoms with Gasteiger partial charge in [0.1, 0.15) is 0 Å². The third kappa shape index (κ3) is 4.64. The molecule has 0 radical (unpaired) electrons. The predicted molar refractivity (Wildman–Crippen MR) is 144 cm³/mol. The van der Waals surface area contributed by atoms with Crippen LogP contribution in [-0.4, -0.2) is 10.5 Å². The molecule has 32 heavy (non-hydrogen) atoms. The lowest BCUT2D eigenvalue weighted by Crippen LogP contribution is -2.50. The second kappa shape index (κ2) is 9.99. The molecule has 4 aliphatic carbocycles. The summed E-state index contributed by atoms with van der Waals surface area (Å²) in [5.74, 6) is 5.74. The zero-order valence-corrected chi connectivity index (χ0v) is 23.4. The summed E-state index contributed by atoms with van der Waals surface area (Å²) in [6.07, 6.45) is 20.3. The SMILES string of the molecule is CCC(C)S[C@H]1CC[C@@]2(C)C(=CC[C@@H]3C2CC[C@@]2(C)C3CC[C@@H]2[C@H](C)CCCC(C)C)C1. The molecule has 0 bridgehead atoms. The Kier molecular flexibility index (Phi) is 7.86. The van der Waals surface area contributed by atoms with Crippen LogP contribution < -0.4 is 0 Å². The third-order valence-electron chi connectivity index (χ3n) is 11.3. The van der Waals surface area contributed by atoms with Crippen molar-refractivity contribution in [3.63, 3.8) is 0 Å². The van der Waals surface area contributed by atoms with Crippen molar-refractivity contribution in [2.45, 2.75) is 136 Å². The minimum Gasteiger partial charge on any atom is -0.155 e. The van der Waals surface area contributed by atoms with Crippen molar-refractivity contribution in [1.29, 1.82) is 0 Å². The van der Waals surface area contributed by atoms with E-state index in [1.807, 2.05) is 5.57 Å². The fourth-order valence-electron chi connectivity index (χ4n) is 9.19. The van der Waals surface area contributed by atoms with Crippen LogP contribution >= 0.6 is 11.8 Å². The van der Waals surface area contributed by atoms with E-state index < -0.39 is 0 Å². The maximum atomic E-state index is 2.79. The summed E-state index contributed by atoms with van der Waals surface area (Å²) in [5, 5.41) is 1.71. The van der Waals surface area contributed by atoms with E-state index in [1.165, 1.54) is 77.0 Å². The normalized spacial score (nSPS) is 43.2. The van der Waals surface area contributed by atoms with E-state index in [1.54, 1.807) is 0 Å². The zero-order chi connectivity index (χ0) is 23.1. The Bertz CT molecular complexity index is 663. The highest BCUT2D eigenvalue weighted by Gasteiger charge is 2.59. The molecule has 0 aromatic carbocycles. The van der Waals surface area contributed by atoms with Gasteiger partial charge in [-0.1, -0.05) is 79.4 Å². The average Bonchev–Trinajstić information content (AvgIpc) is 3.11. The van der Waals surface area contributed by atoms with Crippen molar-refractivity contribution in [2.24, 2.45) is 46.3 Å². The number of thioether (sulfide) groups is 1. The van der Waals surface area contributed by atoms with Gasteiger partial charge in [0.2, 0.25) is 0 Å². The van der Waals surface area contributed by atoms with Gasteiger partial charge < -0.3 is 0 Å². The van der Waals surface area contributed by atoms with Crippen LogP contribution in [0.4, 0.5) is 0 Å². The van der Waals surface area contributed by atoms with Crippen molar-refractivity contribution in [1.82, 2.24) is 0 Å². The maximum absolute atomic E-state index is 2.79. The maximum Gasteiger partial charge on any atom is 0.00874 e. The van der Waals surface area contributed by atoms with Crippen molar-refractivity contribution in [2.75, 3.05) is 0 Å². The van der Waals surface area contributed by atoms with Gasteiger partial charge >= 0.3 is 0 Å². The largest absolute Gasteiger partial charge is 0.155 e. The molecule has 0 N–H and O–H groups in total. The smallest absolute Gasteiger partial charge is 0.00874 e. The van der Waals surface area contributed by atoms with Gasteiger partial charge in [0.15, 0.2) is 0 Å². The number of hydrogen-bond donors (Lipinski definition) is 0. The van der Waals surface area contributed by atoms with Crippen LogP contribution in [0.15, 0.2) is 11.6 Å². The van der Waals surface area contributed by atoms with Crippen LogP contribution in [0.1, 0.15) is 126 Å². The molecular formula is C31H54S. The van der Waals surface area contributed by atoms with E-state index >= 15 is 0 Å². The van der Waals surface area contributed by atoms with E-state index in [9.17, 15) is 0 Å². The summed E-state index contributed by atoms with van der Waals surface area (Å²) in [5.41, 5.74) is 3.03. The van der Waals surface area contributed by atoms with Crippen LogP contribution in [0.2, 0.25) is 0 Å². The van der Waals surface area contributed by atoms with Crippen molar-refractivity contribution in [3.8, 4) is 0 Å². The van der Waals surface area contributed by atoms with Gasteiger partial charge in [-0.05, 0) is 104 Å². The second-order valence-corrected chi connectivity index (χ2v) is 15.3. The van der Waals surface area contributed by atoms with Gasteiger partial charge in [-0.15, -0.1) is 0 Å². The number of fused-ring (bicyclic) bond motifs is 5. The number of hydrogen-bond acceptors (Lipinski definition) is 1. The Hall–Kier alpha value is 0.0900. The molecule has 1 heteroatoms. The Morgan fingerprint density at radius 3 is 2.47 bits per heavy atom. The van der Waals surface area contributed by atoms with Crippen LogP contribution in [0.3, 0.4) is 0 Å². The summed E-state index contributed by atoms with van der Waals surface area (Å²) >= 11 is 2.29. The molecule has 0 aromatic rings. The first-order chi connectivity index (χ1) is 15.2. The second-order valence-electron chi connectivity index (χ2n) is 13.5. The van der Waals surface area contributed by atoms with Crippen molar-refractivity contribution >= 4 is 11.8 Å². The molecule has 0 aliphatic heterocycles. The monoisotopic (exact) mass is 458 g/mol. The van der Waals surface area contributed by atoms with E-state index in [-0.39, 0.29) is 0 Å². The van der Waals surface area contributed by atoms with Gasteiger partial charge in [0, 0.05) is 10.5 Å². The molecule has 4 aliphatic rings. The lowest BCUT2D eigenvalue weighted by Gasteiger charge is -2.58. The van der Waals surface area contributed by atoms with Gasteiger partial charge in [-0.3, -0.25) is 0 Å². The molecule has 0 spiro atoms. The summed E-state index contributed by atoms with van der Waals surface area (Å²) < 4.78 is 0. The third-order valence-corrected chi connectivity index (χ3v) is 12.8. The molecule has 0 heterocycles. The van der Waals surface area contributed by atoms with Gasteiger partial charge in [-0.25, -0.2) is 0 Å². The highest BCUT2D eigenvalue weighted by Crippen LogP contribution is 2.67. The summed E-state index contributed by atoms with van der Waals surface area (Å²) in [7, 11) is 0. The van der Waals surface area contributed by atoms with Crippen molar-refractivity contribution < 1.29 is 0 Å². The molecule has 3 unspecified atom stereocenters. The quantitative estimate of drug-likeness (QED) is 0.326. The highest BCUT2D eigenvalue weighted by molar-refractivity contribution is 8.00. The average molecular weight is 459 g/mol. The van der Waals surface area contributed by atoms with Gasteiger partial charge in [0.05, 0.1) is 0 Å². The first-order valence-electron chi connectivity index (χ1n) is 14.5. The lowest BCUT2D eigenvalue weighted by molar-refractivity contribution is -0.0497. The first kappa shape index (κ1) is 25.2. The highest BCUT2D eigenvalue weighted by atomic mass is 32.2. The standard InChI is InChI=1S/C31H54S/c1-8-23(5)32-25-16-18-30(6)24(20-25)12-13-26-28-15-14-27(22(4)11-9-10-21(2)3)31(28,7)19-17-29(26)30/h12,21-23,25-29H,8-11,13-20H2,1-7H3/t22-,23?,25+,26+,27-,28?,29?,30+,31-/m1/s1. The molecular weight excluding hydrogens is 404 g/mol. The zero-order valence-electron chi connectivity index (χ0n) is 22.6. The molecule has 0 amide bonds. The van der Waals surface area contributed by atoms with Crippen molar-refractivity contribution in [3.05, 3.63) is 11.6 Å². The molecule has 4 rings (SSSR count). The first-order valence-corrected chi connectivity index (χ1v) is 15.5. The van der Waals surface area contributed by atoms with E-state index in [0.29, 0.717) is 10.8 Å². The fraction of sp³-hybridized carbons (Fsp3) is 0.935. The summed E-state index contributed by atoms with van der Waals surface area (Å²) in [4.78, 5) is 0. The van der Waals surface area contributed by atoms with E-state index in [0.717, 1.165) is 46.0 Å². The Morgan fingerprint density at radius 2 is 1.75 bits per heavy atom. The lowest BCUT2D eigenvalue weighted by atomic mass is 9.47. The Labute approximate surface area is 205 Å². The Morgan fingerprint density at radius 1 is 0.969 bits per heavy atom. The van der Waals surface area contributed by atoms with Crippen LogP contribution in [0, 0.1) is 46.3 Å². The van der Waals surface area contributed by atoms with Gasteiger partial charge in [-0.2, -0.15) is 11.8 Å². The number of allylic oxidation sites excluding steroid dienone is 2.